The van der Waals surface area contributed by atoms with Crippen LogP contribution >= 0.6 is 0 Å². The largest absolute Gasteiger partial charge is 0.348 e. The van der Waals surface area contributed by atoms with Crippen molar-refractivity contribution in [2.45, 2.75) is 76.7 Å². The zero-order chi connectivity index (χ0) is 21.6. The third-order valence-electron chi connectivity index (χ3n) is 6.98. The Bertz CT molecular complexity index is 794. The molecule has 1 saturated heterocycles. The Balaban J connectivity index is 1.31. The smallest absolute Gasteiger partial charge is 0.273 e. The number of nitrogens with zero attached hydrogens (tertiary/aromatic N) is 3. The van der Waals surface area contributed by atoms with Crippen LogP contribution < -0.4 is 10.6 Å². The minimum Gasteiger partial charge on any atom is -0.348 e. The molecule has 2 heterocycles. The molecule has 2 N–H and O–H groups in total. The van der Waals surface area contributed by atoms with Crippen molar-refractivity contribution in [1.29, 1.82) is 0 Å². The van der Waals surface area contributed by atoms with Crippen molar-refractivity contribution in [2.24, 2.45) is 11.8 Å². The zero-order valence-electron chi connectivity index (χ0n) is 18.1. The Hall–Kier alpha value is -2.51. The molecule has 2 aliphatic carbocycles. The summed E-state index contributed by atoms with van der Waals surface area (Å²) in [4.78, 5) is 48.4. The molecule has 8 nitrogen and oxygen atoms in total. The van der Waals surface area contributed by atoms with Gasteiger partial charge in [-0.1, -0.05) is 32.1 Å². The molecule has 0 aromatic carbocycles. The van der Waals surface area contributed by atoms with Gasteiger partial charge >= 0.3 is 0 Å². The fourth-order valence-electron chi connectivity index (χ4n) is 5.11. The van der Waals surface area contributed by atoms with Crippen molar-refractivity contribution in [3.05, 3.63) is 18.1 Å². The molecule has 0 bridgehead atoms. The van der Waals surface area contributed by atoms with E-state index in [-0.39, 0.29) is 47.1 Å². The topological polar surface area (TPSA) is 104 Å². The molecule has 0 unspecified atom stereocenters. The van der Waals surface area contributed by atoms with Gasteiger partial charge in [-0.3, -0.25) is 14.4 Å². The summed E-state index contributed by atoms with van der Waals surface area (Å²) >= 11 is 0. The third-order valence-corrected chi connectivity index (χ3v) is 6.98. The summed E-state index contributed by atoms with van der Waals surface area (Å²) in [5.41, 5.74) is 0.149. The second-order valence-corrected chi connectivity index (χ2v) is 9.13. The first-order valence-corrected chi connectivity index (χ1v) is 11.8. The van der Waals surface area contributed by atoms with E-state index in [4.69, 9.17) is 0 Å². The van der Waals surface area contributed by atoms with Crippen LogP contribution in [0.25, 0.3) is 0 Å². The van der Waals surface area contributed by atoms with Gasteiger partial charge in [0, 0.05) is 43.4 Å². The van der Waals surface area contributed by atoms with Gasteiger partial charge in [0.05, 0.1) is 0 Å². The lowest BCUT2D eigenvalue weighted by Gasteiger charge is -2.34. The average molecular weight is 428 g/mol. The maximum Gasteiger partial charge on any atom is 0.273 e. The van der Waals surface area contributed by atoms with E-state index >= 15 is 0 Å². The molecule has 1 aromatic rings. The van der Waals surface area contributed by atoms with Crippen molar-refractivity contribution in [1.82, 2.24) is 20.2 Å². The van der Waals surface area contributed by atoms with Crippen LogP contribution in [0.5, 0.6) is 0 Å². The Kier molecular flexibility index (Phi) is 7.14. The number of amides is 3. The second-order valence-electron chi connectivity index (χ2n) is 9.13. The van der Waals surface area contributed by atoms with Gasteiger partial charge in [0.1, 0.15) is 0 Å². The molecule has 31 heavy (non-hydrogen) atoms. The van der Waals surface area contributed by atoms with Crippen LogP contribution in [0.3, 0.4) is 0 Å². The molecule has 2 saturated carbocycles. The number of anilines is 1. The maximum atomic E-state index is 12.9. The molecule has 4 rings (SSSR count). The highest BCUT2D eigenvalue weighted by Crippen LogP contribution is 2.28. The Labute approximate surface area is 183 Å². The van der Waals surface area contributed by atoms with Gasteiger partial charge in [-0.25, -0.2) is 9.97 Å². The lowest BCUT2D eigenvalue weighted by Crippen LogP contribution is -2.48. The van der Waals surface area contributed by atoms with E-state index in [9.17, 15) is 14.4 Å². The van der Waals surface area contributed by atoms with Crippen LogP contribution in [-0.2, 0) is 9.59 Å². The molecule has 8 heteroatoms. The number of carbonyl (C=O) groups excluding carboxylic acids is 3. The average Bonchev–Trinajstić information content (AvgIpc) is 3.35. The monoisotopic (exact) mass is 427 g/mol. The summed E-state index contributed by atoms with van der Waals surface area (Å²) in [5, 5.41) is 5.85. The van der Waals surface area contributed by atoms with Crippen molar-refractivity contribution < 1.29 is 14.4 Å². The maximum absolute atomic E-state index is 12.9. The van der Waals surface area contributed by atoms with Crippen molar-refractivity contribution in [2.75, 3.05) is 18.4 Å². The first-order chi connectivity index (χ1) is 15.1. The van der Waals surface area contributed by atoms with E-state index in [1.54, 1.807) is 0 Å². The molecular weight excluding hydrogens is 394 g/mol. The summed E-state index contributed by atoms with van der Waals surface area (Å²) in [6, 6.07) is -0.0102. The van der Waals surface area contributed by atoms with E-state index in [0.29, 0.717) is 13.1 Å². The van der Waals surface area contributed by atoms with E-state index in [0.717, 1.165) is 64.2 Å². The summed E-state index contributed by atoms with van der Waals surface area (Å²) in [5.74, 6) is 0.281. The number of piperidine rings is 1. The summed E-state index contributed by atoms with van der Waals surface area (Å²) in [6.45, 7) is 1.35. The Morgan fingerprint density at radius 1 is 0.806 bits per heavy atom. The van der Waals surface area contributed by atoms with Gasteiger partial charge in [0.15, 0.2) is 11.5 Å². The standard InChI is InChI=1S/C23H33N5O3/c29-21(16-6-2-1-3-7-16)27-20-19(24-12-13-25-20)22(30)26-18-10-14-28(15-11-18)23(31)17-8-4-5-9-17/h12-13,16-18H,1-11,14-15H2,(H,26,30)(H,25,27,29). The van der Waals surface area contributed by atoms with Gasteiger partial charge in [-0.15, -0.1) is 0 Å². The highest BCUT2D eigenvalue weighted by Gasteiger charge is 2.31. The predicted octanol–water partition coefficient (Wildman–Crippen LogP) is 2.91. The number of rotatable bonds is 5. The highest BCUT2D eigenvalue weighted by atomic mass is 16.2. The molecule has 168 valence electrons. The molecule has 0 spiro atoms. The van der Waals surface area contributed by atoms with Crippen LogP contribution in [-0.4, -0.2) is 51.7 Å². The van der Waals surface area contributed by atoms with Crippen LogP contribution in [0.15, 0.2) is 12.4 Å². The lowest BCUT2D eigenvalue weighted by atomic mass is 9.89. The van der Waals surface area contributed by atoms with E-state index in [1.807, 2.05) is 4.90 Å². The minimum absolute atomic E-state index is 0.0102. The van der Waals surface area contributed by atoms with Crippen molar-refractivity contribution in [3.8, 4) is 0 Å². The molecule has 3 aliphatic rings. The van der Waals surface area contributed by atoms with Gasteiger partial charge in [0.25, 0.3) is 5.91 Å². The fraction of sp³-hybridized carbons (Fsp3) is 0.696. The van der Waals surface area contributed by atoms with Crippen LogP contribution in [0.2, 0.25) is 0 Å². The van der Waals surface area contributed by atoms with E-state index in [2.05, 4.69) is 20.6 Å². The SMILES string of the molecule is O=C(NC1CCN(C(=O)C2CCCC2)CC1)c1nccnc1NC(=O)C1CCCCC1. The number of carbonyl (C=O) groups is 3. The lowest BCUT2D eigenvalue weighted by molar-refractivity contribution is -0.136. The van der Waals surface area contributed by atoms with Crippen LogP contribution in [0.4, 0.5) is 5.82 Å². The Morgan fingerprint density at radius 2 is 1.42 bits per heavy atom. The third kappa shape index (κ3) is 5.40. The number of hydrogen-bond acceptors (Lipinski definition) is 5. The van der Waals surface area contributed by atoms with Crippen molar-refractivity contribution in [3.63, 3.8) is 0 Å². The fourth-order valence-corrected chi connectivity index (χ4v) is 5.11. The summed E-state index contributed by atoms with van der Waals surface area (Å²) in [7, 11) is 0. The molecule has 3 fully saturated rings. The molecule has 0 radical (unpaired) electrons. The number of nitrogens with one attached hydrogen (secondary N) is 2. The van der Waals surface area contributed by atoms with Gasteiger partial charge in [0.2, 0.25) is 11.8 Å². The number of aromatic nitrogens is 2. The first kappa shape index (κ1) is 21.7. The van der Waals surface area contributed by atoms with E-state index in [1.165, 1.54) is 18.8 Å². The van der Waals surface area contributed by atoms with Crippen LogP contribution in [0, 0.1) is 11.8 Å². The molecule has 1 aliphatic heterocycles. The molecule has 3 amide bonds. The quantitative estimate of drug-likeness (QED) is 0.752. The number of likely N-dealkylation sites (tertiary alicyclic amines) is 1. The minimum atomic E-state index is -0.326. The number of hydrogen-bond donors (Lipinski definition) is 2. The molecule has 1 aromatic heterocycles. The van der Waals surface area contributed by atoms with Gasteiger partial charge < -0.3 is 15.5 Å². The molecule has 0 atom stereocenters. The highest BCUT2D eigenvalue weighted by molar-refractivity contribution is 6.01. The van der Waals surface area contributed by atoms with E-state index < -0.39 is 0 Å². The molecular formula is C23H33N5O3. The van der Waals surface area contributed by atoms with Crippen molar-refractivity contribution >= 4 is 23.5 Å². The normalized spacial score (nSPS) is 21.1. The summed E-state index contributed by atoms with van der Waals surface area (Å²) in [6.07, 6.45) is 13.8. The second kappa shape index (κ2) is 10.2. The predicted molar refractivity (Wildman–Crippen MR) is 116 cm³/mol. The van der Waals surface area contributed by atoms with Gasteiger partial charge in [-0.2, -0.15) is 0 Å². The summed E-state index contributed by atoms with van der Waals surface area (Å²) < 4.78 is 0. The van der Waals surface area contributed by atoms with Crippen LogP contribution in [0.1, 0.15) is 81.1 Å². The Morgan fingerprint density at radius 3 is 2.13 bits per heavy atom. The zero-order valence-corrected chi connectivity index (χ0v) is 18.1. The van der Waals surface area contributed by atoms with Gasteiger partial charge in [-0.05, 0) is 38.5 Å². The first-order valence-electron chi connectivity index (χ1n) is 11.8.